The fourth-order valence-electron chi connectivity index (χ4n) is 4.49. The number of aliphatic carboxylic acids is 2. The van der Waals surface area contributed by atoms with Crippen LogP contribution in [-0.4, -0.2) is 111 Å². The number of aliphatic hydroxyl groups excluding tert-OH is 4. The Morgan fingerprint density at radius 1 is 0.889 bits per heavy atom. The zero-order valence-corrected chi connectivity index (χ0v) is 24.3. The number of hydrogen-bond donors (Lipinski definition) is 9. The molecule has 0 aromatic heterocycles. The average molecular weight is 635 g/mol. The summed E-state index contributed by atoms with van der Waals surface area (Å²) in [4.78, 5) is 75.0. The molecule has 9 N–H and O–H groups in total. The Morgan fingerprint density at radius 3 is 1.87 bits per heavy atom. The summed E-state index contributed by atoms with van der Waals surface area (Å²) >= 11 is 0. The molecule has 5 rings (SSSR count). The molecule has 18 nitrogen and oxygen atoms in total. The number of aromatic amines is 1. The smallest absolute Gasteiger partial charge is 0.349 e. The number of nitrogens with one attached hydrogen (secondary N) is 3. The number of amides is 2. The quantitative estimate of drug-likeness (QED) is 0.117. The molecule has 244 valence electrons. The van der Waals surface area contributed by atoms with Crippen LogP contribution in [0.4, 0.5) is 0 Å². The molecule has 4 aliphatic heterocycles. The lowest BCUT2D eigenvalue weighted by molar-refractivity contribution is -0.140. The molecule has 18 heteroatoms. The molecule has 0 unspecified atom stereocenters. The molecule has 0 spiro atoms. The SMILES string of the molecule is Cc1cc2nc3c(=O)[nH]c(=O)nc-3n(C[C@@H](O)[C@@H](O)[C@@H](O)CO)c2cc1C.O=C1CC[C@@H](C(=O)O)N1.O=C1CC[C@@H](C(=O)O)N1. The lowest BCUT2D eigenvalue weighted by Gasteiger charge is -2.25. The average Bonchev–Trinajstić information content (AvgIpc) is 3.62. The predicted octanol–water partition coefficient (Wildman–Crippen LogP) is -3.02. The van der Waals surface area contributed by atoms with E-state index < -0.39 is 60.2 Å². The monoisotopic (exact) mass is 634 g/mol. The number of benzene rings is 1. The minimum atomic E-state index is -1.64. The number of carbonyl (C=O) groups excluding carboxylic acids is 2. The Labute approximate surface area is 253 Å². The van der Waals surface area contributed by atoms with Crippen molar-refractivity contribution in [2.75, 3.05) is 6.61 Å². The topological polar surface area (TPSA) is 294 Å². The van der Waals surface area contributed by atoms with Crippen LogP contribution in [0, 0.1) is 13.8 Å². The zero-order valence-electron chi connectivity index (χ0n) is 24.3. The summed E-state index contributed by atoms with van der Waals surface area (Å²) in [5, 5.41) is 60.1. The highest BCUT2D eigenvalue weighted by Crippen LogP contribution is 2.24. The van der Waals surface area contributed by atoms with Crippen LogP contribution < -0.4 is 21.9 Å². The molecule has 45 heavy (non-hydrogen) atoms. The molecule has 0 aliphatic carbocycles. The fourth-order valence-corrected chi connectivity index (χ4v) is 4.49. The van der Waals surface area contributed by atoms with Crippen molar-refractivity contribution in [2.24, 2.45) is 0 Å². The molecule has 2 amide bonds. The number of aromatic nitrogens is 4. The van der Waals surface area contributed by atoms with Crippen LogP contribution in [0.15, 0.2) is 21.7 Å². The highest BCUT2D eigenvalue weighted by molar-refractivity contribution is 5.87. The van der Waals surface area contributed by atoms with Crippen molar-refractivity contribution >= 4 is 34.8 Å². The summed E-state index contributed by atoms with van der Waals surface area (Å²) < 4.78 is 1.40. The van der Waals surface area contributed by atoms with Crippen LogP contribution in [0.3, 0.4) is 0 Å². The van der Waals surface area contributed by atoms with Gasteiger partial charge in [0.2, 0.25) is 11.8 Å². The van der Waals surface area contributed by atoms with E-state index >= 15 is 0 Å². The van der Waals surface area contributed by atoms with Crippen LogP contribution in [0.2, 0.25) is 0 Å². The summed E-state index contributed by atoms with van der Waals surface area (Å²) in [6, 6.07) is 2.25. The fraction of sp³-hybridized carbons (Fsp3) is 0.481. The minimum Gasteiger partial charge on any atom is -0.480 e. The van der Waals surface area contributed by atoms with Crippen molar-refractivity contribution in [2.45, 2.75) is 76.5 Å². The normalized spacial score (nSPS) is 19.4. The van der Waals surface area contributed by atoms with E-state index in [4.69, 9.17) is 15.3 Å². The standard InChI is InChI=1S/C17H20N4O6.2C5H7NO3/c1-7-3-9-10(4-8(7)2)21(5-11(23)14(25)12(24)6-22)15-13(18-9)16(26)20-17(27)19-15;2*7-4-2-1-3(6-4)5(8)9/h3-4,11-12,14,22-25H,5-6H2,1-2H3,(H,20,26,27);2*3H,1-2H2,(H,6,7)(H,8,9)/t11-,12+,14-;2*3-/m100/s1. The first kappa shape index (κ1) is 34.7. The van der Waals surface area contributed by atoms with Crippen molar-refractivity contribution in [3.05, 3.63) is 44.1 Å². The van der Waals surface area contributed by atoms with Gasteiger partial charge < -0.3 is 45.8 Å². The number of nitrogens with zero attached hydrogens (tertiary/aromatic N) is 3. The van der Waals surface area contributed by atoms with Crippen molar-refractivity contribution in [1.82, 2.24) is 30.2 Å². The van der Waals surface area contributed by atoms with E-state index in [1.807, 2.05) is 13.8 Å². The predicted molar refractivity (Wildman–Crippen MR) is 153 cm³/mol. The second kappa shape index (κ2) is 14.8. The summed E-state index contributed by atoms with van der Waals surface area (Å²) in [7, 11) is 0. The van der Waals surface area contributed by atoms with Crippen molar-refractivity contribution in [1.29, 1.82) is 0 Å². The lowest BCUT2D eigenvalue weighted by Crippen LogP contribution is -2.42. The number of carbonyl (C=O) groups is 4. The van der Waals surface area contributed by atoms with Gasteiger partial charge in [0.1, 0.15) is 30.4 Å². The van der Waals surface area contributed by atoms with Crippen molar-refractivity contribution < 1.29 is 49.8 Å². The molecular weight excluding hydrogens is 600 g/mol. The maximum absolute atomic E-state index is 12.2. The first-order valence-electron chi connectivity index (χ1n) is 13.7. The number of hydrogen-bond acceptors (Lipinski definition) is 12. The molecular formula is C27H34N6O12. The first-order chi connectivity index (χ1) is 21.1. The van der Waals surface area contributed by atoms with Crippen LogP contribution in [0.25, 0.3) is 22.6 Å². The van der Waals surface area contributed by atoms with Gasteiger partial charge in [-0.05, 0) is 49.9 Å². The summed E-state index contributed by atoms with van der Waals surface area (Å²) in [6.45, 7) is 2.73. The maximum Gasteiger partial charge on any atom is 0.349 e. The van der Waals surface area contributed by atoms with Crippen LogP contribution >= 0.6 is 0 Å². The highest BCUT2D eigenvalue weighted by Gasteiger charge is 2.28. The van der Waals surface area contributed by atoms with Gasteiger partial charge >= 0.3 is 17.6 Å². The van der Waals surface area contributed by atoms with E-state index in [1.54, 1.807) is 12.1 Å². The van der Waals surface area contributed by atoms with Gasteiger partial charge in [0.25, 0.3) is 5.56 Å². The van der Waals surface area contributed by atoms with E-state index in [-0.39, 0.29) is 29.9 Å². The van der Waals surface area contributed by atoms with Gasteiger partial charge in [0.05, 0.1) is 24.2 Å². The summed E-state index contributed by atoms with van der Waals surface area (Å²) in [6.07, 6.45) is -3.14. The summed E-state index contributed by atoms with van der Waals surface area (Å²) in [5.74, 6) is -2.27. The Kier molecular flexibility index (Phi) is 11.4. The van der Waals surface area contributed by atoms with Gasteiger partial charge in [-0.2, -0.15) is 4.98 Å². The third-order valence-corrected chi connectivity index (χ3v) is 7.16. The largest absolute Gasteiger partial charge is 0.480 e. The summed E-state index contributed by atoms with van der Waals surface area (Å²) in [5.41, 5.74) is 1.11. The van der Waals surface area contributed by atoms with Crippen molar-refractivity contribution in [3.63, 3.8) is 0 Å². The van der Waals surface area contributed by atoms with Crippen molar-refractivity contribution in [3.8, 4) is 11.5 Å². The van der Waals surface area contributed by atoms with Gasteiger partial charge in [0, 0.05) is 12.8 Å². The molecule has 0 radical (unpaired) electrons. The molecule has 4 aliphatic rings. The van der Waals surface area contributed by atoms with Crippen LogP contribution in [-0.2, 0) is 25.7 Å². The Bertz CT molecular complexity index is 1630. The van der Waals surface area contributed by atoms with Gasteiger partial charge in [-0.15, -0.1) is 0 Å². The molecule has 1 aromatic carbocycles. The van der Waals surface area contributed by atoms with Gasteiger partial charge in [-0.25, -0.2) is 19.4 Å². The van der Waals surface area contributed by atoms with E-state index in [2.05, 4.69) is 25.6 Å². The maximum atomic E-state index is 12.2. The molecule has 2 saturated heterocycles. The number of rotatable bonds is 7. The Hall–Kier alpha value is -4.78. The molecule has 2 fully saturated rings. The van der Waals surface area contributed by atoms with E-state index in [0.717, 1.165) is 11.1 Å². The second-order valence-corrected chi connectivity index (χ2v) is 10.5. The highest BCUT2D eigenvalue weighted by atomic mass is 16.4. The van der Waals surface area contributed by atoms with Crippen LogP contribution in [0.1, 0.15) is 36.8 Å². The van der Waals surface area contributed by atoms with E-state index in [9.17, 15) is 44.1 Å². The van der Waals surface area contributed by atoms with Gasteiger partial charge in [0.15, 0.2) is 11.5 Å². The first-order valence-corrected chi connectivity index (χ1v) is 13.7. The molecule has 0 bridgehead atoms. The van der Waals surface area contributed by atoms with Gasteiger partial charge in [-0.1, -0.05) is 0 Å². The number of H-pyrrole nitrogens is 1. The number of aliphatic hydroxyl groups is 4. The lowest BCUT2D eigenvalue weighted by atomic mass is 10.1. The molecule has 0 saturated carbocycles. The Balaban J connectivity index is 0.000000248. The van der Waals surface area contributed by atoms with Crippen LogP contribution in [0.5, 0.6) is 0 Å². The van der Waals surface area contributed by atoms with Gasteiger partial charge in [-0.3, -0.25) is 19.4 Å². The molecule has 5 atom stereocenters. The molecule has 1 aromatic rings. The number of carboxylic acids is 2. The third kappa shape index (κ3) is 8.66. The second-order valence-electron chi connectivity index (χ2n) is 10.5. The zero-order chi connectivity index (χ0) is 33.6. The molecule has 4 heterocycles. The number of fused-ring (bicyclic) bond motifs is 2. The van der Waals surface area contributed by atoms with E-state index in [0.29, 0.717) is 36.7 Å². The minimum absolute atomic E-state index is 0.0516. The third-order valence-electron chi connectivity index (χ3n) is 7.16. The number of carboxylic acid groups (broad SMARTS) is 2. The Morgan fingerprint density at radius 2 is 1.42 bits per heavy atom. The number of aryl methyl sites for hydroxylation is 2. The van der Waals surface area contributed by atoms with E-state index in [1.165, 1.54) is 4.57 Å².